The van der Waals surface area contributed by atoms with Crippen molar-refractivity contribution in [3.8, 4) is 5.75 Å². The molecule has 0 unspecified atom stereocenters. The van der Waals surface area contributed by atoms with Crippen LogP contribution in [-0.2, 0) is 4.79 Å². The number of hydrogen-bond donors (Lipinski definition) is 1. The van der Waals surface area contributed by atoms with Crippen LogP contribution in [0.15, 0.2) is 52.9 Å². The van der Waals surface area contributed by atoms with E-state index in [1.807, 2.05) is 41.3 Å². The number of nitrogens with one attached hydrogen (secondary N) is 1. The molecule has 0 bridgehead atoms. The van der Waals surface area contributed by atoms with E-state index in [-0.39, 0.29) is 5.91 Å². The van der Waals surface area contributed by atoms with E-state index in [9.17, 15) is 4.79 Å². The van der Waals surface area contributed by atoms with Crippen LogP contribution in [0.2, 0.25) is 0 Å². The number of fused-ring (bicyclic) bond motifs is 1. The number of ether oxygens (including phenoxy) is 1. The number of thiazole rings is 1. The Morgan fingerprint density at radius 1 is 1.18 bits per heavy atom. The first-order chi connectivity index (χ1) is 16.2. The number of benzene rings is 2. The average Bonchev–Trinajstić information content (AvgIpc) is 3.50. The second kappa shape index (κ2) is 10.1. The Morgan fingerprint density at radius 2 is 2.03 bits per heavy atom. The molecule has 2 aromatic heterocycles. The lowest BCUT2D eigenvalue weighted by Crippen LogP contribution is -2.40. The Morgan fingerprint density at radius 3 is 2.85 bits per heavy atom. The number of piperidine rings is 1. The van der Waals surface area contributed by atoms with E-state index in [4.69, 9.17) is 9.72 Å². The number of likely N-dealkylation sites (tertiary alicyclic amines) is 1. The normalized spacial score (nSPS) is 16.2. The van der Waals surface area contributed by atoms with Gasteiger partial charge in [0.2, 0.25) is 11.0 Å². The minimum Gasteiger partial charge on any atom is -0.497 e. The number of carbonyl (C=O) groups is 1. The summed E-state index contributed by atoms with van der Waals surface area (Å²) in [6.45, 7) is 1.54. The number of para-hydroxylation sites is 1. The van der Waals surface area contributed by atoms with E-state index in [0.717, 1.165) is 52.2 Å². The van der Waals surface area contributed by atoms with Gasteiger partial charge in [0, 0.05) is 24.7 Å². The third-order valence-electron chi connectivity index (χ3n) is 5.50. The quantitative estimate of drug-likeness (QED) is 0.343. The van der Waals surface area contributed by atoms with Gasteiger partial charge in [0.1, 0.15) is 5.75 Å². The molecule has 0 saturated carbocycles. The minimum absolute atomic E-state index is 0.144. The summed E-state index contributed by atoms with van der Waals surface area (Å²) in [5, 5.41) is 13.5. The fourth-order valence-corrected chi connectivity index (χ4v) is 6.57. The van der Waals surface area contributed by atoms with Gasteiger partial charge in [-0.15, -0.1) is 21.5 Å². The standard InChI is InChI=1S/C23H23N5O2S3/c1-30-17-10-8-16(9-11-17)24-22-26-27-23(33-22)31-14-20(29)28-12-4-5-15(13-28)21-25-18-6-2-3-7-19(18)32-21/h2-3,6-11,15H,4-5,12-14H2,1H3,(H,24,26)/t15-/m0/s1. The molecule has 0 radical (unpaired) electrons. The number of amides is 1. The topological polar surface area (TPSA) is 80.2 Å². The molecule has 33 heavy (non-hydrogen) atoms. The summed E-state index contributed by atoms with van der Waals surface area (Å²) < 4.78 is 7.16. The van der Waals surface area contributed by atoms with Gasteiger partial charge in [0.15, 0.2) is 4.34 Å². The highest BCUT2D eigenvalue weighted by atomic mass is 32.2. The first-order valence-electron chi connectivity index (χ1n) is 10.7. The Labute approximate surface area is 204 Å². The van der Waals surface area contributed by atoms with E-state index >= 15 is 0 Å². The molecule has 0 aliphatic carbocycles. The molecule has 1 atom stereocenters. The van der Waals surface area contributed by atoms with Crippen molar-refractivity contribution in [1.29, 1.82) is 0 Å². The summed E-state index contributed by atoms with van der Waals surface area (Å²) in [4.78, 5) is 19.7. The predicted octanol–water partition coefficient (Wildman–Crippen LogP) is 5.40. The largest absolute Gasteiger partial charge is 0.497 e. The number of aromatic nitrogens is 3. The van der Waals surface area contributed by atoms with Gasteiger partial charge >= 0.3 is 0 Å². The molecular weight excluding hydrogens is 474 g/mol. The van der Waals surface area contributed by atoms with Crippen molar-refractivity contribution in [3.05, 3.63) is 53.5 Å². The van der Waals surface area contributed by atoms with Gasteiger partial charge in [-0.3, -0.25) is 4.79 Å². The molecule has 1 amide bonds. The Hall–Kier alpha value is -2.69. The molecular formula is C23H23N5O2S3. The molecule has 1 aliphatic heterocycles. The van der Waals surface area contributed by atoms with Crippen molar-refractivity contribution in [3.63, 3.8) is 0 Å². The number of nitrogens with zero attached hydrogens (tertiary/aromatic N) is 4. The van der Waals surface area contributed by atoms with Gasteiger partial charge in [0.05, 0.1) is 28.1 Å². The van der Waals surface area contributed by atoms with Gasteiger partial charge < -0.3 is 15.0 Å². The minimum atomic E-state index is 0.144. The van der Waals surface area contributed by atoms with Crippen LogP contribution in [-0.4, -0.2) is 51.9 Å². The zero-order chi connectivity index (χ0) is 22.6. The smallest absolute Gasteiger partial charge is 0.233 e. The number of thioether (sulfide) groups is 1. The van der Waals surface area contributed by atoms with Crippen LogP contribution in [0.4, 0.5) is 10.8 Å². The highest BCUT2D eigenvalue weighted by Crippen LogP contribution is 2.34. The number of anilines is 2. The molecule has 170 valence electrons. The number of methoxy groups -OCH3 is 1. The summed E-state index contributed by atoms with van der Waals surface area (Å²) in [6, 6.07) is 15.9. The van der Waals surface area contributed by atoms with E-state index in [2.05, 4.69) is 27.6 Å². The van der Waals surface area contributed by atoms with Gasteiger partial charge in [-0.2, -0.15) is 0 Å². The maximum atomic E-state index is 12.9. The molecule has 7 nitrogen and oxygen atoms in total. The zero-order valence-electron chi connectivity index (χ0n) is 18.1. The molecule has 3 heterocycles. The van der Waals surface area contributed by atoms with Crippen LogP contribution in [0.1, 0.15) is 23.8 Å². The van der Waals surface area contributed by atoms with Crippen LogP contribution in [0.3, 0.4) is 0 Å². The van der Waals surface area contributed by atoms with Crippen LogP contribution in [0.5, 0.6) is 5.75 Å². The number of rotatable bonds is 7. The van der Waals surface area contributed by atoms with Gasteiger partial charge in [-0.25, -0.2) is 4.98 Å². The summed E-state index contributed by atoms with van der Waals surface area (Å²) in [5.74, 6) is 1.62. The molecule has 4 aromatic rings. The molecule has 1 fully saturated rings. The van der Waals surface area contributed by atoms with E-state index in [0.29, 0.717) is 16.8 Å². The van der Waals surface area contributed by atoms with Crippen molar-refractivity contribution in [2.45, 2.75) is 23.1 Å². The fraction of sp³-hybridized carbons (Fsp3) is 0.304. The van der Waals surface area contributed by atoms with Gasteiger partial charge in [-0.1, -0.05) is 35.2 Å². The number of carbonyl (C=O) groups excluding carboxylic acids is 1. The van der Waals surface area contributed by atoms with Crippen LogP contribution in [0, 0.1) is 0 Å². The Bertz CT molecular complexity index is 1210. The molecule has 10 heteroatoms. The predicted molar refractivity (Wildman–Crippen MR) is 135 cm³/mol. The maximum absolute atomic E-state index is 12.9. The van der Waals surface area contributed by atoms with Crippen LogP contribution >= 0.6 is 34.4 Å². The van der Waals surface area contributed by atoms with Crippen molar-refractivity contribution >= 4 is 61.4 Å². The fourth-order valence-electron chi connectivity index (χ4n) is 3.80. The van der Waals surface area contributed by atoms with E-state index < -0.39 is 0 Å². The lowest BCUT2D eigenvalue weighted by molar-refractivity contribution is -0.129. The Kier molecular flexibility index (Phi) is 6.75. The lowest BCUT2D eigenvalue weighted by atomic mass is 9.99. The average molecular weight is 498 g/mol. The Balaban J connectivity index is 1.15. The van der Waals surface area contributed by atoms with Crippen LogP contribution in [0.25, 0.3) is 10.2 Å². The summed E-state index contributed by atoms with van der Waals surface area (Å²) in [6.07, 6.45) is 2.08. The lowest BCUT2D eigenvalue weighted by Gasteiger charge is -2.31. The highest BCUT2D eigenvalue weighted by molar-refractivity contribution is 8.01. The van der Waals surface area contributed by atoms with E-state index in [1.54, 1.807) is 18.4 Å². The third kappa shape index (κ3) is 5.29. The number of hydrogen-bond acceptors (Lipinski definition) is 9. The van der Waals surface area contributed by atoms with Crippen molar-refractivity contribution in [2.24, 2.45) is 0 Å². The molecule has 1 aliphatic rings. The summed E-state index contributed by atoms with van der Waals surface area (Å²) in [7, 11) is 1.64. The summed E-state index contributed by atoms with van der Waals surface area (Å²) in [5.41, 5.74) is 1.96. The van der Waals surface area contributed by atoms with Crippen molar-refractivity contribution in [2.75, 3.05) is 31.3 Å². The third-order valence-corrected chi connectivity index (χ3v) is 8.66. The monoisotopic (exact) mass is 497 g/mol. The highest BCUT2D eigenvalue weighted by Gasteiger charge is 2.27. The van der Waals surface area contributed by atoms with Crippen molar-refractivity contribution < 1.29 is 9.53 Å². The summed E-state index contributed by atoms with van der Waals surface area (Å²) >= 11 is 4.63. The molecule has 1 saturated heterocycles. The zero-order valence-corrected chi connectivity index (χ0v) is 20.5. The SMILES string of the molecule is COc1ccc(Nc2nnc(SCC(=O)N3CCC[C@H](c4nc5ccccc5s4)C3)s2)cc1. The maximum Gasteiger partial charge on any atom is 0.233 e. The molecule has 1 N–H and O–H groups in total. The van der Waals surface area contributed by atoms with Crippen molar-refractivity contribution in [1.82, 2.24) is 20.1 Å². The first kappa shape index (κ1) is 22.1. The molecule has 0 spiro atoms. The molecule has 2 aromatic carbocycles. The van der Waals surface area contributed by atoms with Gasteiger partial charge in [-0.05, 0) is 49.2 Å². The van der Waals surface area contributed by atoms with E-state index in [1.165, 1.54) is 27.8 Å². The molecule has 5 rings (SSSR count). The first-order valence-corrected chi connectivity index (χ1v) is 13.3. The van der Waals surface area contributed by atoms with Crippen LogP contribution < -0.4 is 10.1 Å². The second-order valence-corrected chi connectivity index (χ2v) is 11.0. The van der Waals surface area contributed by atoms with Gasteiger partial charge in [0.25, 0.3) is 0 Å². The second-order valence-electron chi connectivity index (χ2n) is 7.71.